The zero-order valence-electron chi connectivity index (χ0n) is 11.6. The molecule has 0 spiro atoms. The number of carbonyl (C=O) groups is 1. The van der Waals surface area contributed by atoms with E-state index in [1.807, 2.05) is 6.07 Å². The normalized spacial score (nSPS) is 23.1. The van der Waals surface area contributed by atoms with Gasteiger partial charge >= 0.3 is 5.97 Å². The van der Waals surface area contributed by atoms with Crippen molar-refractivity contribution in [3.05, 3.63) is 23.8 Å². The molecule has 2 atom stereocenters. The fourth-order valence-electron chi connectivity index (χ4n) is 2.82. The molecule has 1 aliphatic rings. The number of hydrogen-bond acceptors (Lipinski definition) is 4. The van der Waals surface area contributed by atoms with Gasteiger partial charge in [-0.2, -0.15) is 0 Å². The summed E-state index contributed by atoms with van der Waals surface area (Å²) in [5, 5.41) is 9.30. The highest BCUT2D eigenvalue weighted by molar-refractivity contribution is 5.95. The molecule has 1 aromatic carbocycles. The van der Waals surface area contributed by atoms with Gasteiger partial charge in [0.2, 0.25) is 0 Å². The number of likely N-dealkylation sites (N-methyl/N-ethyl adjacent to an activating group) is 1. The van der Waals surface area contributed by atoms with Crippen LogP contribution in [0.25, 0.3) is 0 Å². The van der Waals surface area contributed by atoms with Crippen LogP contribution in [0.2, 0.25) is 0 Å². The number of carboxylic acids is 1. The lowest BCUT2D eigenvalue weighted by Crippen LogP contribution is -2.34. The van der Waals surface area contributed by atoms with Crippen LogP contribution in [0.1, 0.15) is 17.3 Å². The Morgan fingerprint density at radius 2 is 2.11 bits per heavy atom. The van der Waals surface area contributed by atoms with Crippen molar-refractivity contribution in [2.45, 2.75) is 13.0 Å². The van der Waals surface area contributed by atoms with Crippen LogP contribution >= 0.6 is 0 Å². The Balaban J connectivity index is 2.31. The largest absolute Gasteiger partial charge is 0.478 e. The highest BCUT2D eigenvalue weighted by Crippen LogP contribution is 2.30. The summed E-state index contributed by atoms with van der Waals surface area (Å²) in [5.74, 6) is -0.419. The standard InChI is InChI=1S/C14H21N3O2/c1-9-7-17(8-13(9)16(2)3)12-5-4-10(15)6-11(12)14(18)19/h4-6,9,13H,7-8,15H2,1-3H3,(H,18,19). The third-order valence-corrected chi connectivity index (χ3v) is 3.83. The van der Waals surface area contributed by atoms with Crippen molar-refractivity contribution in [2.75, 3.05) is 37.8 Å². The highest BCUT2D eigenvalue weighted by atomic mass is 16.4. The van der Waals surface area contributed by atoms with Crippen molar-refractivity contribution in [3.63, 3.8) is 0 Å². The average molecular weight is 263 g/mol. The monoisotopic (exact) mass is 263 g/mol. The van der Waals surface area contributed by atoms with Crippen molar-refractivity contribution >= 4 is 17.3 Å². The van der Waals surface area contributed by atoms with Crippen LogP contribution in [0.4, 0.5) is 11.4 Å². The number of carboxylic acid groups (broad SMARTS) is 1. The van der Waals surface area contributed by atoms with Crippen molar-refractivity contribution < 1.29 is 9.90 Å². The van der Waals surface area contributed by atoms with Crippen LogP contribution in [-0.4, -0.2) is 49.2 Å². The van der Waals surface area contributed by atoms with Gasteiger partial charge in [0, 0.05) is 24.8 Å². The van der Waals surface area contributed by atoms with E-state index in [9.17, 15) is 9.90 Å². The minimum absolute atomic E-state index is 0.284. The van der Waals surface area contributed by atoms with Gasteiger partial charge in [0.05, 0.1) is 11.3 Å². The Labute approximate surface area is 113 Å². The number of nitrogen functional groups attached to an aromatic ring is 1. The molecule has 0 aromatic heterocycles. The van der Waals surface area contributed by atoms with Gasteiger partial charge < -0.3 is 20.6 Å². The lowest BCUT2D eigenvalue weighted by molar-refractivity contribution is 0.0697. The number of nitrogens with two attached hydrogens (primary N) is 1. The number of anilines is 2. The summed E-state index contributed by atoms with van der Waals surface area (Å²) >= 11 is 0. The third kappa shape index (κ3) is 2.66. The lowest BCUT2D eigenvalue weighted by Gasteiger charge is -2.23. The number of benzene rings is 1. The molecule has 1 aliphatic heterocycles. The van der Waals surface area contributed by atoms with Crippen molar-refractivity contribution in [2.24, 2.45) is 5.92 Å². The maximum Gasteiger partial charge on any atom is 0.337 e. The van der Waals surface area contributed by atoms with E-state index >= 15 is 0 Å². The summed E-state index contributed by atoms with van der Waals surface area (Å²) in [6.07, 6.45) is 0. The molecule has 1 fully saturated rings. The smallest absolute Gasteiger partial charge is 0.337 e. The molecule has 2 rings (SSSR count). The molecule has 0 saturated carbocycles. The zero-order valence-corrected chi connectivity index (χ0v) is 11.6. The summed E-state index contributed by atoms with van der Waals surface area (Å²) in [4.78, 5) is 15.7. The summed E-state index contributed by atoms with van der Waals surface area (Å²) in [5.41, 5.74) is 7.21. The second-order valence-corrected chi connectivity index (χ2v) is 5.49. The second-order valence-electron chi connectivity index (χ2n) is 5.49. The predicted octanol–water partition coefficient (Wildman–Crippen LogP) is 1.35. The molecule has 1 aromatic rings. The SMILES string of the molecule is CC1CN(c2ccc(N)cc2C(=O)O)CC1N(C)C. The van der Waals surface area contributed by atoms with Gasteiger partial charge in [0.25, 0.3) is 0 Å². The number of nitrogens with zero attached hydrogens (tertiary/aromatic N) is 2. The fourth-order valence-corrected chi connectivity index (χ4v) is 2.82. The molecule has 0 bridgehead atoms. The second kappa shape index (κ2) is 5.09. The Morgan fingerprint density at radius 1 is 1.42 bits per heavy atom. The van der Waals surface area contributed by atoms with E-state index in [-0.39, 0.29) is 5.56 Å². The summed E-state index contributed by atoms with van der Waals surface area (Å²) in [6.45, 7) is 3.91. The minimum Gasteiger partial charge on any atom is -0.478 e. The van der Waals surface area contributed by atoms with E-state index in [1.54, 1.807) is 6.07 Å². The van der Waals surface area contributed by atoms with E-state index in [1.165, 1.54) is 6.07 Å². The Bertz CT molecular complexity index is 488. The third-order valence-electron chi connectivity index (χ3n) is 3.83. The van der Waals surface area contributed by atoms with Crippen LogP contribution in [0.15, 0.2) is 18.2 Å². The first kappa shape index (κ1) is 13.7. The topological polar surface area (TPSA) is 69.8 Å². The summed E-state index contributed by atoms with van der Waals surface area (Å²) < 4.78 is 0. The summed E-state index contributed by atoms with van der Waals surface area (Å²) in [7, 11) is 4.12. The molecule has 0 amide bonds. The van der Waals surface area contributed by atoms with Crippen LogP contribution in [-0.2, 0) is 0 Å². The number of hydrogen-bond donors (Lipinski definition) is 2. The first-order chi connectivity index (χ1) is 8.90. The Hall–Kier alpha value is -1.75. The van der Waals surface area contributed by atoms with Gasteiger partial charge in [-0.1, -0.05) is 6.92 Å². The van der Waals surface area contributed by atoms with E-state index < -0.39 is 5.97 Å². The average Bonchev–Trinajstić information content (AvgIpc) is 2.71. The maximum absolute atomic E-state index is 11.3. The Kier molecular flexibility index (Phi) is 3.66. The molecule has 2 unspecified atom stereocenters. The number of rotatable bonds is 3. The quantitative estimate of drug-likeness (QED) is 0.806. The van der Waals surface area contributed by atoms with Gasteiger partial charge in [-0.3, -0.25) is 0 Å². The van der Waals surface area contributed by atoms with Crippen LogP contribution in [0.5, 0.6) is 0 Å². The van der Waals surface area contributed by atoms with Gasteiger partial charge in [-0.15, -0.1) is 0 Å². The molecular formula is C14H21N3O2. The predicted molar refractivity (Wildman–Crippen MR) is 76.7 cm³/mol. The summed E-state index contributed by atoms with van der Waals surface area (Å²) in [6, 6.07) is 5.55. The van der Waals surface area contributed by atoms with Crippen molar-refractivity contribution in [3.8, 4) is 0 Å². The lowest BCUT2D eigenvalue weighted by atomic mass is 10.1. The molecule has 5 nitrogen and oxygen atoms in total. The molecule has 104 valence electrons. The highest BCUT2D eigenvalue weighted by Gasteiger charge is 2.32. The van der Waals surface area contributed by atoms with Crippen molar-refractivity contribution in [1.82, 2.24) is 4.90 Å². The molecule has 5 heteroatoms. The maximum atomic E-state index is 11.3. The first-order valence-corrected chi connectivity index (χ1v) is 6.44. The molecule has 19 heavy (non-hydrogen) atoms. The Morgan fingerprint density at radius 3 is 2.63 bits per heavy atom. The van der Waals surface area contributed by atoms with Crippen molar-refractivity contribution in [1.29, 1.82) is 0 Å². The van der Waals surface area contributed by atoms with E-state index in [0.29, 0.717) is 17.6 Å². The van der Waals surface area contributed by atoms with Gasteiger partial charge in [0.15, 0.2) is 0 Å². The zero-order chi connectivity index (χ0) is 14.2. The van der Waals surface area contributed by atoms with E-state index in [4.69, 9.17) is 5.73 Å². The molecular weight excluding hydrogens is 242 g/mol. The number of aromatic carboxylic acids is 1. The van der Waals surface area contributed by atoms with Gasteiger partial charge in [-0.25, -0.2) is 4.79 Å². The van der Waals surface area contributed by atoms with E-state index in [0.717, 1.165) is 18.8 Å². The van der Waals surface area contributed by atoms with Gasteiger partial charge in [-0.05, 0) is 38.2 Å². The minimum atomic E-state index is -0.928. The molecule has 3 N–H and O–H groups in total. The van der Waals surface area contributed by atoms with Crippen LogP contribution in [0, 0.1) is 5.92 Å². The van der Waals surface area contributed by atoms with Crippen LogP contribution < -0.4 is 10.6 Å². The van der Waals surface area contributed by atoms with Crippen LogP contribution in [0.3, 0.4) is 0 Å². The van der Waals surface area contributed by atoms with Gasteiger partial charge in [0.1, 0.15) is 0 Å². The first-order valence-electron chi connectivity index (χ1n) is 6.44. The molecule has 0 radical (unpaired) electrons. The molecule has 1 saturated heterocycles. The van der Waals surface area contributed by atoms with E-state index in [2.05, 4.69) is 30.8 Å². The molecule has 1 heterocycles. The fraction of sp³-hybridized carbons (Fsp3) is 0.500. The molecule has 0 aliphatic carbocycles.